The van der Waals surface area contributed by atoms with E-state index < -0.39 is 21.9 Å². The highest BCUT2D eigenvalue weighted by Gasteiger charge is 2.29. The molecule has 0 aliphatic carbocycles. The molecule has 2 aromatic rings. The van der Waals surface area contributed by atoms with Crippen LogP contribution in [0.4, 0.5) is 4.39 Å². The van der Waals surface area contributed by atoms with E-state index in [-0.39, 0.29) is 11.5 Å². The SMILES string of the molecule is Cc1cccc(C)c1OCC(O)CN1CCN(S(=O)(=O)c2cccc(F)c2)CC1. The minimum atomic E-state index is -3.71. The van der Waals surface area contributed by atoms with E-state index in [4.69, 9.17) is 4.74 Å². The molecular weight excluding hydrogens is 395 g/mol. The number of piperazine rings is 1. The van der Waals surface area contributed by atoms with E-state index in [0.717, 1.165) is 22.9 Å². The van der Waals surface area contributed by atoms with Crippen LogP contribution < -0.4 is 4.74 Å². The third kappa shape index (κ3) is 5.33. The highest BCUT2D eigenvalue weighted by atomic mass is 32.2. The van der Waals surface area contributed by atoms with E-state index >= 15 is 0 Å². The summed E-state index contributed by atoms with van der Waals surface area (Å²) in [6, 6.07) is 10.9. The molecule has 1 aliphatic heterocycles. The molecule has 1 saturated heterocycles. The monoisotopic (exact) mass is 422 g/mol. The average molecular weight is 423 g/mol. The van der Waals surface area contributed by atoms with Crippen LogP contribution in [0, 0.1) is 19.7 Å². The van der Waals surface area contributed by atoms with Crippen molar-refractivity contribution < 1.29 is 22.7 Å². The number of benzene rings is 2. The first-order valence-corrected chi connectivity index (χ1v) is 11.1. The van der Waals surface area contributed by atoms with Gasteiger partial charge in [0.05, 0.1) is 4.90 Å². The largest absolute Gasteiger partial charge is 0.490 e. The Labute approximate surface area is 171 Å². The number of aliphatic hydroxyl groups is 1. The summed E-state index contributed by atoms with van der Waals surface area (Å²) in [7, 11) is -3.71. The zero-order chi connectivity index (χ0) is 21.0. The molecule has 0 radical (unpaired) electrons. The van der Waals surface area contributed by atoms with Crippen molar-refractivity contribution in [2.24, 2.45) is 0 Å². The Morgan fingerprint density at radius 2 is 1.69 bits per heavy atom. The van der Waals surface area contributed by atoms with Crippen LogP contribution in [0.3, 0.4) is 0 Å². The van der Waals surface area contributed by atoms with Crippen molar-refractivity contribution in [1.29, 1.82) is 0 Å². The van der Waals surface area contributed by atoms with Crippen LogP contribution in [0.2, 0.25) is 0 Å². The smallest absolute Gasteiger partial charge is 0.243 e. The maximum atomic E-state index is 13.4. The minimum absolute atomic E-state index is 0.0343. The fourth-order valence-electron chi connectivity index (χ4n) is 3.49. The Morgan fingerprint density at radius 3 is 2.31 bits per heavy atom. The van der Waals surface area contributed by atoms with Gasteiger partial charge in [0.1, 0.15) is 24.3 Å². The summed E-state index contributed by atoms with van der Waals surface area (Å²) < 4.78 is 45.9. The number of β-amino-alcohol motifs (C(OH)–C–C–N with tert-alkyl or cyclic N) is 1. The highest BCUT2D eigenvalue weighted by Crippen LogP contribution is 2.23. The van der Waals surface area contributed by atoms with E-state index in [9.17, 15) is 17.9 Å². The maximum absolute atomic E-state index is 13.4. The van der Waals surface area contributed by atoms with Gasteiger partial charge in [-0.05, 0) is 43.2 Å². The topological polar surface area (TPSA) is 70.1 Å². The molecule has 6 nitrogen and oxygen atoms in total. The Morgan fingerprint density at radius 1 is 1.07 bits per heavy atom. The first kappa shape index (κ1) is 21.7. The van der Waals surface area contributed by atoms with Crippen LogP contribution in [0.5, 0.6) is 5.75 Å². The zero-order valence-corrected chi connectivity index (χ0v) is 17.5. The summed E-state index contributed by atoms with van der Waals surface area (Å²) in [5, 5.41) is 10.3. The molecule has 1 fully saturated rings. The fourth-order valence-corrected chi connectivity index (χ4v) is 4.94. The maximum Gasteiger partial charge on any atom is 0.243 e. The fraction of sp³-hybridized carbons (Fsp3) is 0.429. The average Bonchev–Trinajstić information content (AvgIpc) is 2.68. The van der Waals surface area contributed by atoms with Gasteiger partial charge in [-0.1, -0.05) is 24.3 Å². The molecule has 158 valence electrons. The molecule has 2 aromatic carbocycles. The molecule has 1 N–H and O–H groups in total. The quantitative estimate of drug-likeness (QED) is 0.741. The predicted octanol–water partition coefficient (Wildman–Crippen LogP) is 2.19. The second-order valence-electron chi connectivity index (χ2n) is 7.35. The van der Waals surface area contributed by atoms with Crippen molar-refractivity contribution in [1.82, 2.24) is 9.21 Å². The molecule has 1 heterocycles. The normalized spacial score (nSPS) is 17.2. The van der Waals surface area contributed by atoms with E-state index in [0.29, 0.717) is 32.7 Å². The molecule has 0 spiro atoms. The zero-order valence-electron chi connectivity index (χ0n) is 16.7. The number of aliphatic hydroxyl groups excluding tert-OH is 1. The van der Waals surface area contributed by atoms with E-state index in [1.54, 1.807) is 0 Å². The van der Waals surface area contributed by atoms with Gasteiger partial charge in [0.15, 0.2) is 0 Å². The molecule has 8 heteroatoms. The lowest BCUT2D eigenvalue weighted by Crippen LogP contribution is -2.50. The number of ether oxygens (including phenoxy) is 1. The number of para-hydroxylation sites is 1. The van der Waals surface area contributed by atoms with Crippen LogP contribution >= 0.6 is 0 Å². The van der Waals surface area contributed by atoms with Gasteiger partial charge in [-0.3, -0.25) is 4.90 Å². The molecule has 0 amide bonds. The highest BCUT2D eigenvalue weighted by molar-refractivity contribution is 7.89. The van der Waals surface area contributed by atoms with Crippen molar-refractivity contribution in [3.63, 3.8) is 0 Å². The van der Waals surface area contributed by atoms with Gasteiger partial charge in [0.2, 0.25) is 10.0 Å². The van der Waals surface area contributed by atoms with Gasteiger partial charge in [0.25, 0.3) is 0 Å². The second-order valence-corrected chi connectivity index (χ2v) is 9.29. The molecule has 0 aromatic heterocycles. The standard InChI is InChI=1S/C21H27FN2O4S/c1-16-5-3-6-17(2)21(16)28-15-19(25)14-23-9-11-24(12-10-23)29(26,27)20-8-4-7-18(22)13-20/h3-8,13,19,25H,9-12,14-15H2,1-2H3. The number of sulfonamides is 1. The minimum Gasteiger partial charge on any atom is -0.490 e. The lowest BCUT2D eigenvalue weighted by molar-refractivity contribution is 0.0565. The number of hydrogen-bond donors (Lipinski definition) is 1. The van der Waals surface area contributed by atoms with Crippen molar-refractivity contribution in [3.05, 3.63) is 59.4 Å². The number of rotatable bonds is 7. The summed E-state index contributed by atoms with van der Waals surface area (Å²) in [5.74, 6) is 0.217. The van der Waals surface area contributed by atoms with Crippen LogP contribution in [0.15, 0.2) is 47.4 Å². The summed E-state index contributed by atoms with van der Waals surface area (Å²) in [4.78, 5) is 1.98. The molecule has 29 heavy (non-hydrogen) atoms. The van der Waals surface area contributed by atoms with Gasteiger partial charge in [-0.25, -0.2) is 12.8 Å². The second kappa shape index (κ2) is 9.21. The first-order chi connectivity index (χ1) is 13.8. The van der Waals surface area contributed by atoms with Gasteiger partial charge in [0, 0.05) is 32.7 Å². The third-order valence-electron chi connectivity index (χ3n) is 5.06. The summed E-state index contributed by atoms with van der Waals surface area (Å²) in [6.45, 7) is 6.09. The van der Waals surface area contributed by atoms with E-state index in [1.165, 1.54) is 22.5 Å². The Bertz CT molecular complexity index is 923. The number of aryl methyl sites for hydroxylation is 2. The molecule has 0 saturated carbocycles. The number of halogens is 1. The van der Waals surface area contributed by atoms with Gasteiger partial charge in [-0.2, -0.15) is 4.31 Å². The molecule has 1 atom stereocenters. The summed E-state index contributed by atoms with van der Waals surface area (Å²) in [6.07, 6.45) is -0.680. The molecular formula is C21H27FN2O4S. The Kier molecular flexibility index (Phi) is 6.89. The van der Waals surface area contributed by atoms with Crippen molar-refractivity contribution in [3.8, 4) is 5.75 Å². The Balaban J connectivity index is 1.50. The van der Waals surface area contributed by atoms with Gasteiger partial charge >= 0.3 is 0 Å². The van der Waals surface area contributed by atoms with Crippen molar-refractivity contribution in [2.45, 2.75) is 24.8 Å². The van der Waals surface area contributed by atoms with Crippen LogP contribution in [-0.4, -0.2) is 68.2 Å². The predicted molar refractivity (Wildman–Crippen MR) is 109 cm³/mol. The lowest BCUT2D eigenvalue weighted by atomic mass is 10.1. The third-order valence-corrected chi connectivity index (χ3v) is 6.96. The summed E-state index contributed by atoms with van der Waals surface area (Å²) >= 11 is 0. The Hall–Kier alpha value is -2.00. The van der Waals surface area contributed by atoms with Crippen LogP contribution in [0.25, 0.3) is 0 Å². The number of nitrogens with zero attached hydrogens (tertiary/aromatic N) is 2. The van der Waals surface area contributed by atoms with Crippen molar-refractivity contribution in [2.75, 3.05) is 39.3 Å². The first-order valence-electron chi connectivity index (χ1n) is 9.62. The summed E-state index contributed by atoms with van der Waals surface area (Å²) in [5.41, 5.74) is 2.04. The van der Waals surface area contributed by atoms with Gasteiger partial charge < -0.3 is 9.84 Å². The van der Waals surface area contributed by atoms with E-state index in [1.807, 2.05) is 36.9 Å². The molecule has 1 unspecified atom stereocenters. The molecule has 1 aliphatic rings. The molecule has 3 rings (SSSR count). The van der Waals surface area contributed by atoms with E-state index in [2.05, 4.69) is 0 Å². The molecule has 0 bridgehead atoms. The van der Waals surface area contributed by atoms with Gasteiger partial charge in [-0.15, -0.1) is 0 Å². The van der Waals surface area contributed by atoms with Crippen LogP contribution in [-0.2, 0) is 10.0 Å². The van der Waals surface area contributed by atoms with Crippen molar-refractivity contribution >= 4 is 10.0 Å². The van der Waals surface area contributed by atoms with Crippen LogP contribution in [0.1, 0.15) is 11.1 Å². The number of hydrogen-bond acceptors (Lipinski definition) is 5. The lowest BCUT2D eigenvalue weighted by Gasteiger charge is -2.34.